The van der Waals surface area contributed by atoms with Crippen LogP contribution in [-0.4, -0.2) is 25.4 Å². The third-order valence-corrected chi connectivity index (χ3v) is 6.56. The molecule has 0 amide bonds. The summed E-state index contributed by atoms with van der Waals surface area (Å²) in [4.78, 5) is 18.0. The molecule has 7 heteroatoms. The minimum Gasteiger partial charge on any atom is -0.440 e. The van der Waals surface area contributed by atoms with Crippen molar-refractivity contribution in [2.24, 2.45) is 0 Å². The van der Waals surface area contributed by atoms with Crippen LogP contribution in [0.1, 0.15) is 28.5 Å². The third-order valence-electron chi connectivity index (χ3n) is 5.43. The maximum Gasteiger partial charge on any atom is 0.202 e. The molecule has 1 unspecified atom stereocenters. The van der Waals surface area contributed by atoms with E-state index in [9.17, 15) is 17.6 Å². The number of sulfone groups is 1. The fraction of sp³-hybridized carbons (Fsp3) is 0.200. The van der Waals surface area contributed by atoms with Crippen molar-refractivity contribution >= 4 is 26.7 Å². The first-order valence-electron chi connectivity index (χ1n) is 10.1. The van der Waals surface area contributed by atoms with Crippen LogP contribution in [0.4, 0.5) is 4.39 Å². The van der Waals surface area contributed by atoms with E-state index in [0.717, 1.165) is 17.4 Å². The van der Waals surface area contributed by atoms with Crippen LogP contribution in [0, 0.1) is 12.7 Å². The van der Waals surface area contributed by atoms with Crippen molar-refractivity contribution in [1.82, 2.24) is 4.98 Å². The van der Waals surface area contributed by atoms with E-state index in [-0.39, 0.29) is 22.9 Å². The smallest absolute Gasteiger partial charge is 0.202 e. The summed E-state index contributed by atoms with van der Waals surface area (Å²) >= 11 is 0. The van der Waals surface area contributed by atoms with Crippen molar-refractivity contribution in [2.75, 3.05) is 6.26 Å². The van der Waals surface area contributed by atoms with Gasteiger partial charge in [-0.3, -0.25) is 4.79 Å². The number of carbonyl (C=O) groups is 1. The molecule has 0 fully saturated rings. The van der Waals surface area contributed by atoms with Gasteiger partial charge in [-0.25, -0.2) is 17.8 Å². The zero-order chi connectivity index (χ0) is 22.9. The SMILES string of the molecule is Cc1cccc2nc(CC(=O)C(Cc3ccc(F)cc3)c3ccc(S(C)(=O)=O)cc3)oc12. The van der Waals surface area contributed by atoms with Crippen molar-refractivity contribution in [2.45, 2.75) is 30.6 Å². The molecule has 0 aliphatic heterocycles. The lowest BCUT2D eigenvalue weighted by Gasteiger charge is -2.16. The summed E-state index contributed by atoms with van der Waals surface area (Å²) in [6.45, 7) is 1.92. The Kier molecular flexibility index (Phi) is 5.93. The van der Waals surface area contributed by atoms with Crippen LogP contribution in [0.15, 0.2) is 76.0 Å². The fourth-order valence-electron chi connectivity index (χ4n) is 3.70. The van der Waals surface area contributed by atoms with Gasteiger partial charge in [0.2, 0.25) is 5.89 Å². The molecule has 0 aliphatic carbocycles. The monoisotopic (exact) mass is 451 g/mol. The first kappa shape index (κ1) is 21.9. The summed E-state index contributed by atoms with van der Waals surface area (Å²) in [7, 11) is -3.35. The Morgan fingerprint density at radius 3 is 2.34 bits per heavy atom. The third kappa shape index (κ3) is 4.78. The average molecular weight is 452 g/mol. The first-order chi connectivity index (χ1) is 15.2. The highest BCUT2D eigenvalue weighted by Gasteiger charge is 2.24. The molecule has 1 aromatic heterocycles. The summed E-state index contributed by atoms with van der Waals surface area (Å²) in [5.74, 6) is -0.706. The zero-order valence-electron chi connectivity index (χ0n) is 17.7. The van der Waals surface area contributed by atoms with Gasteiger partial charge in [-0.15, -0.1) is 0 Å². The normalized spacial score (nSPS) is 12.7. The second-order valence-electron chi connectivity index (χ2n) is 7.90. The van der Waals surface area contributed by atoms with E-state index in [0.29, 0.717) is 29.0 Å². The molecule has 4 aromatic rings. The molecule has 32 heavy (non-hydrogen) atoms. The number of nitrogens with zero attached hydrogens (tertiary/aromatic N) is 1. The van der Waals surface area contributed by atoms with Gasteiger partial charge in [-0.2, -0.15) is 0 Å². The summed E-state index contributed by atoms with van der Waals surface area (Å²) in [6, 6.07) is 17.9. The lowest BCUT2D eigenvalue weighted by Crippen LogP contribution is -2.18. The van der Waals surface area contributed by atoms with E-state index in [1.54, 1.807) is 24.3 Å². The Labute approximate surface area is 185 Å². The minimum absolute atomic E-state index is 0.00614. The number of carbonyl (C=O) groups excluding carboxylic acids is 1. The number of hydrogen-bond acceptors (Lipinski definition) is 5. The molecule has 1 heterocycles. The van der Waals surface area contributed by atoms with Gasteiger partial charge in [-0.1, -0.05) is 36.4 Å². The molecule has 164 valence electrons. The quantitative estimate of drug-likeness (QED) is 0.403. The largest absolute Gasteiger partial charge is 0.440 e. The van der Waals surface area contributed by atoms with Crippen molar-refractivity contribution in [3.8, 4) is 0 Å². The lowest BCUT2D eigenvalue weighted by molar-refractivity contribution is -0.120. The van der Waals surface area contributed by atoms with Gasteiger partial charge in [0.15, 0.2) is 15.4 Å². The van der Waals surface area contributed by atoms with Gasteiger partial charge in [0, 0.05) is 12.2 Å². The molecule has 0 saturated heterocycles. The standard InChI is InChI=1S/C25H22FNO4S/c1-16-4-3-5-22-25(16)31-24(27-22)15-23(28)21(14-17-6-10-19(26)11-7-17)18-8-12-20(13-9-18)32(2,29)30/h3-13,21H,14-15H2,1-2H3. The van der Waals surface area contributed by atoms with Crippen LogP contribution >= 0.6 is 0 Å². The maximum atomic E-state index is 13.3. The minimum atomic E-state index is -3.35. The molecule has 4 rings (SSSR count). The number of oxazole rings is 1. The molecule has 1 atom stereocenters. The summed E-state index contributed by atoms with van der Waals surface area (Å²) in [5.41, 5.74) is 3.76. The van der Waals surface area contributed by atoms with Gasteiger partial charge in [-0.05, 0) is 60.4 Å². The number of Topliss-reactive ketones (excluding diaryl/α,β-unsaturated/α-hetero) is 1. The van der Waals surface area contributed by atoms with Crippen molar-refractivity contribution < 1.29 is 22.0 Å². The Morgan fingerprint density at radius 2 is 1.72 bits per heavy atom. The Hall–Kier alpha value is -3.32. The number of halogens is 1. The van der Waals surface area contributed by atoms with E-state index >= 15 is 0 Å². The van der Waals surface area contributed by atoms with Crippen LogP contribution < -0.4 is 0 Å². The van der Waals surface area contributed by atoms with Gasteiger partial charge >= 0.3 is 0 Å². The molecular formula is C25H22FNO4S. The molecule has 3 aromatic carbocycles. The summed E-state index contributed by atoms with van der Waals surface area (Å²) < 4.78 is 42.8. The van der Waals surface area contributed by atoms with Gasteiger partial charge < -0.3 is 4.42 Å². The highest BCUT2D eigenvalue weighted by Crippen LogP contribution is 2.27. The van der Waals surface area contributed by atoms with Crippen LogP contribution in [0.3, 0.4) is 0 Å². The number of ketones is 1. The molecule has 0 N–H and O–H groups in total. The second kappa shape index (κ2) is 8.67. The molecular weight excluding hydrogens is 429 g/mol. The number of benzene rings is 3. The number of hydrogen-bond donors (Lipinski definition) is 0. The van der Waals surface area contributed by atoms with Crippen molar-refractivity contribution in [1.29, 1.82) is 0 Å². The van der Waals surface area contributed by atoms with Gasteiger partial charge in [0.1, 0.15) is 17.1 Å². The fourth-order valence-corrected chi connectivity index (χ4v) is 4.33. The van der Waals surface area contributed by atoms with Crippen molar-refractivity contribution in [3.05, 3.63) is 95.1 Å². The van der Waals surface area contributed by atoms with Crippen molar-refractivity contribution in [3.63, 3.8) is 0 Å². The van der Waals surface area contributed by atoms with Gasteiger partial charge in [0.25, 0.3) is 0 Å². The van der Waals surface area contributed by atoms with E-state index in [1.807, 2.05) is 25.1 Å². The van der Waals surface area contributed by atoms with E-state index in [2.05, 4.69) is 4.98 Å². The predicted molar refractivity (Wildman–Crippen MR) is 120 cm³/mol. The number of rotatable bonds is 7. The number of aryl methyl sites for hydroxylation is 1. The molecule has 0 radical (unpaired) electrons. The molecule has 0 saturated carbocycles. The Balaban J connectivity index is 1.66. The summed E-state index contributed by atoms with van der Waals surface area (Å²) in [5, 5.41) is 0. The van der Waals surface area contributed by atoms with Crippen LogP contribution in [0.5, 0.6) is 0 Å². The summed E-state index contributed by atoms with van der Waals surface area (Å²) in [6.07, 6.45) is 1.47. The second-order valence-corrected chi connectivity index (χ2v) is 9.91. The van der Waals surface area contributed by atoms with E-state index in [4.69, 9.17) is 4.42 Å². The van der Waals surface area contributed by atoms with Crippen LogP contribution in [0.25, 0.3) is 11.1 Å². The molecule has 5 nitrogen and oxygen atoms in total. The number of para-hydroxylation sites is 1. The van der Waals surface area contributed by atoms with E-state index < -0.39 is 15.8 Å². The maximum absolute atomic E-state index is 13.3. The Morgan fingerprint density at radius 1 is 1.03 bits per heavy atom. The van der Waals surface area contributed by atoms with Crippen LogP contribution in [0.2, 0.25) is 0 Å². The number of fused-ring (bicyclic) bond motifs is 1. The van der Waals surface area contributed by atoms with Crippen LogP contribution in [-0.2, 0) is 27.5 Å². The van der Waals surface area contributed by atoms with Gasteiger partial charge in [0.05, 0.1) is 11.3 Å². The molecule has 0 bridgehead atoms. The predicted octanol–water partition coefficient (Wildman–Crippen LogP) is 4.82. The molecule has 0 aliphatic rings. The van der Waals surface area contributed by atoms with E-state index in [1.165, 1.54) is 24.3 Å². The first-order valence-corrected chi connectivity index (χ1v) is 12.0. The zero-order valence-corrected chi connectivity index (χ0v) is 18.5. The highest BCUT2D eigenvalue weighted by molar-refractivity contribution is 7.90. The average Bonchev–Trinajstić information content (AvgIpc) is 3.16. The number of aromatic nitrogens is 1. The highest BCUT2D eigenvalue weighted by atomic mass is 32.2. The molecule has 0 spiro atoms. The topological polar surface area (TPSA) is 77.2 Å². The Bertz CT molecular complexity index is 1370. The lowest BCUT2D eigenvalue weighted by atomic mass is 9.87.